The Labute approximate surface area is 180 Å². The number of hydrogen-bond donors (Lipinski definition) is 1. The van der Waals surface area contributed by atoms with E-state index in [0.29, 0.717) is 18.7 Å². The minimum Gasteiger partial charge on any atom is -0.343 e. The van der Waals surface area contributed by atoms with Crippen molar-refractivity contribution in [2.24, 2.45) is 5.92 Å². The van der Waals surface area contributed by atoms with Crippen molar-refractivity contribution in [2.75, 3.05) is 13.1 Å². The maximum atomic E-state index is 14.1. The predicted molar refractivity (Wildman–Crippen MR) is 115 cm³/mol. The van der Waals surface area contributed by atoms with Gasteiger partial charge in [-0.1, -0.05) is 30.3 Å². The molecule has 2 aromatic carbocycles. The average Bonchev–Trinajstić information content (AvgIpc) is 2.79. The largest absolute Gasteiger partial charge is 0.343 e. The first kappa shape index (κ1) is 21.1. The first-order valence-corrected chi connectivity index (χ1v) is 10.5. The Hall–Kier alpha value is -3.12. The maximum absolute atomic E-state index is 14.1. The van der Waals surface area contributed by atoms with E-state index >= 15 is 0 Å². The Morgan fingerprint density at radius 3 is 2.71 bits per heavy atom. The highest BCUT2D eigenvalue weighted by molar-refractivity contribution is 5.94. The molecule has 1 aromatic heterocycles. The summed E-state index contributed by atoms with van der Waals surface area (Å²) in [5.74, 6) is -0.879. The molecule has 0 aliphatic carbocycles. The molecule has 1 saturated heterocycles. The Balaban J connectivity index is 1.53. The lowest BCUT2D eigenvalue weighted by molar-refractivity contribution is 0.0874. The van der Waals surface area contributed by atoms with E-state index in [1.165, 1.54) is 24.3 Å². The van der Waals surface area contributed by atoms with Crippen LogP contribution in [0.1, 0.15) is 40.5 Å². The topological polar surface area (TPSA) is 45.2 Å². The van der Waals surface area contributed by atoms with Crippen LogP contribution in [-0.4, -0.2) is 28.9 Å². The van der Waals surface area contributed by atoms with E-state index in [1.807, 2.05) is 24.3 Å². The second kappa shape index (κ2) is 9.79. The summed E-state index contributed by atoms with van der Waals surface area (Å²) in [4.78, 5) is 19.6. The number of piperidine rings is 1. The second-order valence-electron chi connectivity index (χ2n) is 7.94. The number of carbonyl (C=O) groups excluding carboxylic acids is 1. The van der Waals surface area contributed by atoms with Crippen molar-refractivity contribution in [3.05, 3.63) is 101 Å². The molecule has 4 rings (SSSR count). The van der Waals surface area contributed by atoms with Crippen LogP contribution in [0.3, 0.4) is 0 Å². The molecule has 0 bridgehead atoms. The van der Waals surface area contributed by atoms with Crippen molar-refractivity contribution in [1.29, 1.82) is 0 Å². The van der Waals surface area contributed by atoms with Crippen molar-refractivity contribution in [3.8, 4) is 0 Å². The number of amides is 1. The normalized spacial score (nSPS) is 17.8. The summed E-state index contributed by atoms with van der Waals surface area (Å²) in [6.45, 7) is 2.10. The molecule has 3 aromatic rings. The van der Waals surface area contributed by atoms with Crippen molar-refractivity contribution in [2.45, 2.75) is 25.4 Å². The van der Waals surface area contributed by atoms with Gasteiger partial charge in [-0.2, -0.15) is 0 Å². The number of rotatable bonds is 6. The molecule has 0 saturated carbocycles. The van der Waals surface area contributed by atoms with Crippen molar-refractivity contribution in [3.63, 3.8) is 0 Å². The molecule has 1 aliphatic heterocycles. The summed E-state index contributed by atoms with van der Waals surface area (Å²) >= 11 is 0. The molecule has 6 heteroatoms. The van der Waals surface area contributed by atoms with Crippen LogP contribution in [0.4, 0.5) is 8.78 Å². The molecule has 4 nitrogen and oxygen atoms in total. The fourth-order valence-corrected chi connectivity index (χ4v) is 4.22. The number of benzene rings is 2. The van der Waals surface area contributed by atoms with Crippen LogP contribution < -0.4 is 5.32 Å². The minimum absolute atomic E-state index is 0.105. The highest BCUT2D eigenvalue weighted by Gasteiger charge is 2.31. The van der Waals surface area contributed by atoms with Crippen molar-refractivity contribution < 1.29 is 13.6 Å². The minimum atomic E-state index is -0.448. The van der Waals surface area contributed by atoms with Crippen molar-refractivity contribution >= 4 is 5.91 Å². The van der Waals surface area contributed by atoms with Crippen LogP contribution in [-0.2, 0) is 6.54 Å². The third-order valence-electron chi connectivity index (χ3n) is 5.74. The Morgan fingerprint density at radius 1 is 1.10 bits per heavy atom. The Kier molecular flexibility index (Phi) is 6.67. The lowest BCUT2D eigenvalue weighted by atomic mass is 9.88. The molecule has 1 fully saturated rings. The van der Waals surface area contributed by atoms with Gasteiger partial charge in [-0.15, -0.1) is 0 Å². The zero-order valence-electron chi connectivity index (χ0n) is 17.2. The third-order valence-corrected chi connectivity index (χ3v) is 5.74. The van der Waals surface area contributed by atoms with E-state index in [-0.39, 0.29) is 29.2 Å². The van der Waals surface area contributed by atoms with Gasteiger partial charge in [0.1, 0.15) is 11.6 Å². The predicted octanol–water partition coefficient (Wildman–Crippen LogP) is 4.74. The number of likely N-dealkylation sites (tertiary alicyclic amines) is 1. The van der Waals surface area contributed by atoms with Crippen LogP contribution >= 0.6 is 0 Å². The Bertz CT molecular complexity index is 1030. The summed E-state index contributed by atoms with van der Waals surface area (Å²) in [7, 11) is 0. The molecule has 0 spiro atoms. The smallest absolute Gasteiger partial charge is 0.251 e. The van der Waals surface area contributed by atoms with E-state index < -0.39 is 5.82 Å². The summed E-state index contributed by atoms with van der Waals surface area (Å²) in [5.41, 5.74) is 1.71. The summed E-state index contributed by atoms with van der Waals surface area (Å²) in [6, 6.07) is 17.8. The summed E-state index contributed by atoms with van der Waals surface area (Å²) in [6.07, 6.45) is 3.56. The van der Waals surface area contributed by atoms with Gasteiger partial charge < -0.3 is 5.32 Å². The number of halogens is 2. The second-order valence-corrected chi connectivity index (χ2v) is 7.94. The lowest BCUT2D eigenvalue weighted by Crippen LogP contribution is -2.43. The van der Waals surface area contributed by atoms with E-state index in [1.54, 1.807) is 24.4 Å². The number of nitrogens with zero attached hydrogens (tertiary/aromatic N) is 2. The molecule has 31 heavy (non-hydrogen) atoms. The SMILES string of the molecule is O=C(N[C@H](c1ccccn1)[C@@H]1CCCN(Cc2ccccc2F)C1)c1cccc(F)c1. The number of pyridine rings is 1. The quantitative estimate of drug-likeness (QED) is 0.625. The van der Waals surface area contributed by atoms with Crippen LogP contribution in [0.2, 0.25) is 0 Å². The summed E-state index contributed by atoms with van der Waals surface area (Å²) < 4.78 is 27.7. The summed E-state index contributed by atoms with van der Waals surface area (Å²) in [5, 5.41) is 3.07. The Morgan fingerprint density at radius 2 is 1.94 bits per heavy atom. The van der Waals surface area contributed by atoms with E-state index in [9.17, 15) is 13.6 Å². The van der Waals surface area contributed by atoms with Gasteiger partial charge in [0.05, 0.1) is 11.7 Å². The van der Waals surface area contributed by atoms with E-state index in [0.717, 1.165) is 25.1 Å². The number of hydrogen-bond acceptors (Lipinski definition) is 3. The molecule has 1 aliphatic rings. The van der Waals surface area contributed by atoms with Crippen LogP contribution in [0.15, 0.2) is 72.9 Å². The van der Waals surface area contributed by atoms with Crippen molar-refractivity contribution in [1.82, 2.24) is 15.2 Å². The van der Waals surface area contributed by atoms with E-state index in [4.69, 9.17) is 0 Å². The van der Waals surface area contributed by atoms with Gasteiger partial charge in [0, 0.05) is 30.4 Å². The molecular weight excluding hydrogens is 396 g/mol. The maximum Gasteiger partial charge on any atom is 0.251 e. The number of nitrogens with one attached hydrogen (secondary N) is 1. The monoisotopic (exact) mass is 421 g/mol. The number of aromatic nitrogens is 1. The number of carbonyl (C=O) groups is 1. The van der Waals surface area contributed by atoms with Crippen LogP contribution in [0.5, 0.6) is 0 Å². The molecule has 2 atom stereocenters. The molecule has 0 unspecified atom stereocenters. The standard InChI is InChI=1S/C25H25F2N3O/c26-21-10-5-8-18(15-21)25(31)29-24(23-12-3-4-13-28-23)20-9-6-14-30(17-20)16-19-7-1-2-11-22(19)27/h1-5,7-8,10-13,15,20,24H,6,9,14,16-17H2,(H,29,31)/t20-,24+/m1/s1. The third kappa shape index (κ3) is 5.33. The first-order valence-electron chi connectivity index (χ1n) is 10.5. The lowest BCUT2D eigenvalue weighted by Gasteiger charge is -2.37. The fraction of sp³-hybridized carbons (Fsp3) is 0.280. The average molecular weight is 421 g/mol. The van der Waals surface area contributed by atoms with Gasteiger partial charge in [-0.25, -0.2) is 8.78 Å². The van der Waals surface area contributed by atoms with Gasteiger partial charge in [0.15, 0.2) is 0 Å². The molecule has 2 heterocycles. The van der Waals surface area contributed by atoms with Crippen LogP contribution in [0, 0.1) is 17.6 Å². The molecule has 1 N–H and O–H groups in total. The molecule has 1 amide bonds. The van der Waals surface area contributed by atoms with Gasteiger partial charge in [-0.05, 0) is 61.7 Å². The zero-order valence-corrected chi connectivity index (χ0v) is 17.2. The van der Waals surface area contributed by atoms with E-state index in [2.05, 4.69) is 15.2 Å². The highest BCUT2D eigenvalue weighted by atomic mass is 19.1. The molecule has 0 radical (unpaired) electrons. The molecular formula is C25H25F2N3O. The first-order chi connectivity index (χ1) is 15.1. The van der Waals surface area contributed by atoms with Crippen LogP contribution in [0.25, 0.3) is 0 Å². The zero-order chi connectivity index (χ0) is 21.6. The van der Waals surface area contributed by atoms with Gasteiger partial charge in [0.2, 0.25) is 0 Å². The highest BCUT2D eigenvalue weighted by Crippen LogP contribution is 2.30. The van der Waals surface area contributed by atoms with Gasteiger partial charge in [-0.3, -0.25) is 14.7 Å². The van der Waals surface area contributed by atoms with Gasteiger partial charge >= 0.3 is 0 Å². The fourth-order valence-electron chi connectivity index (χ4n) is 4.22. The van der Waals surface area contributed by atoms with Gasteiger partial charge in [0.25, 0.3) is 5.91 Å². The molecule has 160 valence electrons.